The number of amides is 1. The zero-order valence-corrected chi connectivity index (χ0v) is 10.3. The van der Waals surface area contributed by atoms with E-state index in [4.69, 9.17) is 5.11 Å². The number of rotatable bonds is 2. The van der Waals surface area contributed by atoms with E-state index in [0.717, 1.165) is 4.90 Å². The molecule has 7 heteroatoms. The van der Waals surface area contributed by atoms with E-state index >= 15 is 0 Å². The number of hydrogen-bond donors (Lipinski definition) is 2. The topological polar surface area (TPSA) is 52.6 Å². The van der Waals surface area contributed by atoms with Crippen molar-refractivity contribution in [2.75, 3.05) is 13.1 Å². The Labute approximate surface area is 99.4 Å². The molecule has 1 aliphatic rings. The molecule has 1 amide bonds. The van der Waals surface area contributed by atoms with Crippen LogP contribution in [0, 0.1) is 0 Å². The highest BCUT2D eigenvalue weighted by Gasteiger charge is 2.55. The maximum Gasteiger partial charge on any atom is 0.408 e. The van der Waals surface area contributed by atoms with Gasteiger partial charge in [0.05, 0.1) is 0 Å². The summed E-state index contributed by atoms with van der Waals surface area (Å²) < 4.78 is 25.9. The molecular formula is C9H17ClF2N2O2. The highest BCUT2D eigenvalue weighted by molar-refractivity contribution is 5.85. The molecule has 2 N–H and O–H groups in total. The van der Waals surface area contributed by atoms with Crippen molar-refractivity contribution in [1.29, 1.82) is 0 Å². The standard InChI is InChI=1S/C9H16F2N2O2.ClH/c1-8(2,3)13(7(14)15)9(6(10)11)4-12-5-9;/h6,12H,4-5H2,1-3H3,(H,14,15);1H. The zero-order chi connectivity index (χ0) is 11.9. The second-order valence-electron chi connectivity index (χ2n) is 4.80. The monoisotopic (exact) mass is 258 g/mol. The van der Waals surface area contributed by atoms with Gasteiger partial charge in [0.2, 0.25) is 0 Å². The van der Waals surface area contributed by atoms with Crippen LogP contribution in [0.2, 0.25) is 0 Å². The molecule has 0 aromatic rings. The number of alkyl halides is 2. The Morgan fingerprint density at radius 1 is 1.44 bits per heavy atom. The molecule has 0 aliphatic carbocycles. The predicted octanol–water partition coefficient (Wildman–Crippen LogP) is 1.79. The van der Waals surface area contributed by atoms with Gasteiger partial charge in [-0.2, -0.15) is 0 Å². The van der Waals surface area contributed by atoms with Gasteiger partial charge in [-0.1, -0.05) is 0 Å². The maximum absolute atomic E-state index is 12.9. The van der Waals surface area contributed by atoms with Gasteiger partial charge in [-0.15, -0.1) is 12.4 Å². The molecule has 0 aromatic heterocycles. The Morgan fingerprint density at radius 3 is 1.94 bits per heavy atom. The van der Waals surface area contributed by atoms with Crippen molar-refractivity contribution in [3.63, 3.8) is 0 Å². The smallest absolute Gasteiger partial charge is 0.408 e. The third kappa shape index (κ3) is 2.38. The van der Waals surface area contributed by atoms with Gasteiger partial charge in [0.25, 0.3) is 6.43 Å². The van der Waals surface area contributed by atoms with Crippen LogP contribution in [0.1, 0.15) is 20.8 Å². The van der Waals surface area contributed by atoms with Crippen molar-refractivity contribution < 1.29 is 18.7 Å². The van der Waals surface area contributed by atoms with Crippen molar-refractivity contribution in [3.8, 4) is 0 Å². The van der Waals surface area contributed by atoms with Crippen LogP contribution < -0.4 is 5.32 Å². The molecule has 0 saturated carbocycles. The molecule has 0 bridgehead atoms. The summed E-state index contributed by atoms with van der Waals surface area (Å²) in [5.41, 5.74) is -2.39. The first-order valence-corrected chi connectivity index (χ1v) is 4.74. The largest absolute Gasteiger partial charge is 0.465 e. The van der Waals surface area contributed by atoms with E-state index < -0.39 is 23.6 Å². The average molecular weight is 259 g/mol. The molecule has 1 aliphatic heterocycles. The summed E-state index contributed by atoms with van der Waals surface area (Å²) in [7, 11) is 0. The highest BCUT2D eigenvalue weighted by Crippen LogP contribution is 2.34. The number of nitrogens with zero attached hydrogens (tertiary/aromatic N) is 1. The fourth-order valence-electron chi connectivity index (χ4n) is 1.94. The van der Waals surface area contributed by atoms with Gasteiger partial charge >= 0.3 is 6.09 Å². The van der Waals surface area contributed by atoms with Gasteiger partial charge < -0.3 is 10.4 Å². The Balaban J connectivity index is 0.00000225. The van der Waals surface area contributed by atoms with Gasteiger partial charge in [0.1, 0.15) is 5.54 Å². The van der Waals surface area contributed by atoms with Gasteiger partial charge in [-0.25, -0.2) is 13.6 Å². The molecular weight excluding hydrogens is 242 g/mol. The first-order chi connectivity index (χ1) is 6.72. The van der Waals surface area contributed by atoms with Crippen LogP contribution in [0.5, 0.6) is 0 Å². The summed E-state index contributed by atoms with van der Waals surface area (Å²) in [6, 6.07) is 0. The average Bonchev–Trinajstić information content (AvgIpc) is 1.91. The number of halogens is 3. The van der Waals surface area contributed by atoms with E-state index in [9.17, 15) is 13.6 Å². The Morgan fingerprint density at radius 2 is 1.88 bits per heavy atom. The first-order valence-electron chi connectivity index (χ1n) is 4.74. The number of nitrogens with one attached hydrogen (secondary N) is 1. The lowest BCUT2D eigenvalue weighted by molar-refractivity contribution is -0.103. The molecule has 1 fully saturated rings. The van der Waals surface area contributed by atoms with Crippen LogP contribution in [0.4, 0.5) is 13.6 Å². The molecule has 0 unspecified atom stereocenters. The molecule has 1 heterocycles. The van der Waals surface area contributed by atoms with E-state index in [-0.39, 0.29) is 25.5 Å². The predicted molar refractivity (Wildman–Crippen MR) is 58.5 cm³/mol. The van der Waals surface area contributed by atoms with Crippen LogP contribution in [0.3, 0.4) is 0 Å². The minimum Gasteiger partial charge on any atom is -0.465 e. The number of hydrogen-bond acceptors (Lipinski definition) is 2. The quantitative estimate of drug-likeness (QED) is 0.794. The van der Waals surface area contributed by atoms with Gasteiger partial charge in [-0.05, 0) is 20.8 Å². The lowest BCUT2D eigenvalue weighted by atomic mass is 9.86. The second kappa shape index (κ2) is 4.71. The third-order valence-corrected chi connectivity index (χ3v) is 2.58. The van der Waals surface area contributed by atoms with Crippen molar-refractivity contribution >= 4 is 18.5 Å². The molecule has 96 valence electrons. The zero-order valence-electron chi connectivity index (χ0n) is 9.46. The van der Waals surface area contributed by atoms with E-state index in [0.29, 0.717) is 0 Å². The summed E-state index contributed by atoms with van der Waals surface area (Å²) in [5, 5.41) is 11.7. The van der Waals surface area contributed by atoms with E-state index in [1.165, 1.54) is 0 Å². The van der Waals surface area contributed by atoms with Crippen molar-refractivity contribution in [2.45, 2.75) is 38.3 Å². The van der Waals surface area contributed by atoms with Crippen LogP contribution in [0.25, 0.3) is 0 Å². The van der Waals surface area contributed by atoms with Crippen LogP contribution in [-0.4, -0.2) is 46.7 Å². The molecule has 1 rings (SSSR count). The number of carboxylic acid groups (broad SMARTS) is 1. The van der Waals surface area contributed by atoms with Gasteiger partial charge in [0, 0.05) is 18.6 Å². The molecule has 0 radical (unpaired) electrons. The molecule has 0 spiro atoms. The van der Waals surface area contributed by atoms with E-state index in [1.807, 2.05) is 0 Å². The summed E-state index contributed by atoms with van der Waals surface area (Å²) in [5.74, 6) is 0. The molecule has 1 saturated heterocycles. The molecule has 16 heavy (non-hydrogen) atoms. The minimum absolute atomic E-state index is 0. The minimum atomic E-state index is -2.67. The van der Waals surface area contributed by atoms with Crippen molar-refractivity contribution in [3.05, 3.63) is 0 Å². The summed E-state index contributed by atoms with van der Waals surface area (Å²) >= 11 is 0. The van der Waals surface area contributed by atoms with Crippen molar-refractivity contribution in [1.82, 2.24) is 10.2 Å². The van der Waals surface area contributed by atoms with E-state index in [2.05, 4.69) is 5.32 Å². The first kappa shape index (κ1) is 15.4. The van der Waals surface area contributed by atoms with Gasteiger partial charge in [-0.3, -0.25) is 4.90 Å². The van der Waals surface area contributed by atoms with Crippen molar-refractivity contribution in [2.24, 2.45) is 0 Å². The maximum atomic E-state index is 12.9. The Kier molecular flexibility index (Phi) is 4.53. The second-order valence-corrected chi connectivity index (χ2v) is 4.80. The summed E-state index contributed by atoms with van der Waals surface area (Å²) in [6.07, 6.45) is -3.97. The molecule has 0 aromatic carbocycles. The van der Waals surface area contributed by atoms with Gasteiger partial charge in [0.15, 0.2) is 0 Å². The van der Waals surface area contributed by atoms with Crippen LogP contribution >= 0.6 is 12.4 Å². The summed E-state index contributed by atoms with van der Waals surface area (Å²) in [4.78, 5) is 11.9. The lowest BCUT2D eigenvalue weighted by Gasteiger charge is -2.53. The summed E-state index contributed by atoms with van der Waals surface area (Å²) in [6.45, 7) is 4.86. The Hall–Kier alpha value is -0.620. The SMILES string of the molecule is CC(C)(C)N(C(=O)O)C1(C(F)F)CNC1.Cl. The fourth-order valence-corrected chi connectivity index (χ4v) is 1.94. The van der Waals surface area contributed by atoms with E-state index in [1.54, 1.807) is 20.8 Å². The Bertz CT molecular complexity index is 265. The fraction of sp³-hybridized carbons (Fsp3) is 0.889. The number of carbonyl (C=O) groups is 1. The third-order valence-electron chi connectivity index (χ3n) is 2.58. The normalized spacial score (nSPS) is 18.6. The van der Waals surface area contributed by atoms with Crippen LogP contribution in [-0.2, 0) is 0 Å². The molecule has 4 nitrogen and oxygen atoms in total. The van der Waals surface area contributed by atoms with Crippen LogP contribution in [0.15, 0.2) is 0 Å². The molecule has 0 atom stereocenters. The lowest BCUT2D eigenvalue weighted by Crippen LogP contribution is -2.76. The highest BCUT2D eigenvalue weighted by atomic mass is 35.5.